The molecule has 0 unspecified atom stereocenters. The Hall–Kier alpha value is -0.870. The van der Waals surface area contributed by atoms with E-state index < -0.39 is 0 Å². The van der Waals surface area contributed by atoms with Gasteiger partial charge in [0.2, 0.25) is 0 Å². The highest BCUT2D eigenvalue weighted by molar-refractivity contribution is 9.10. The van der Waals surface area contributed by atoms with Crippen LogP contribution < -0.4 is 5.32 Å². The van der Waals surface area contributed by atoms with E-state index in [0.29, 0.717) is 18.9 Å². The van der Waals surface area contributed by atoms with Crippen molar-refractivity contribution < 1.29 is 9.53 Å². The summed E-state index contributed by atoms with van der Waals surface area (Å²) in [7, 11) is 0. The van der Waals surface area contributed by atoms with Gasteiger partial charge in [0.15, 0.2) is 0 Å². The molecule has 16 heavy (non-hydrogen) atoms. The van der Waals surface area contributed by atoms with Crippen LogP contribution in [0.25, 0.3) is 0 Å². The topological polar surface area (TPSA) is 38.3 Å². The van der Waals surface area contributed by atoms with Gasteiger partial charge in [-0.15, -0.1) is 0 Å². The van der Waals surface area contributed by atoms with Crippen LogP contribution in [-0.4, -0.2) is 19.1 Å². The molecule has 0 radical (unpaired) electrons. The second-order valence-corrected chi connectivity index (χ2v) is 4.83. The number of benzene rings is 1. The van der Waals surface area contributed by atoms with E-state index in [1.807, 2.05) is 24.3 Å². The van der Waals surface area contributed by atoms with Crippen LogP contribution in [0.4, 0.5) is 0 Å². The molecule has 1 aliphatic heterocycles. The standard InChI is InChI=1S/C12H14BrNO2/c13-11-4-2-1-3-10(11)8-16-12(15)5-9-6-14-7-9/h1-4,9,14H,5-8H2. The number of nitrogens with one attached hydrogen (secondary N) is 1. The average Bonchev–Trinajstić information content (AvgIpc) is 2.22. The lowest BCUT2D eigenvalue weighted by molar-refractivity contribution is -0.146. The molecule has 1 saturated heterocycles. The molecule has 1 fully saturated rings. The summed E-state index contributed by atoms with van der Waals surface area (Å²) in [6.07, 6.45) is 0.525. The van der Waals surface area contributed by atoms with Gasteiger partial charge in [0.25, 0.3) is 0 Å². The maximum absolute atomic E-state index is 11.5. The minimum absolute atomic E-state index is 0.109. The summed E-state index contributed by atoms with van der Waals surface area (Å²) in [5.74, 6) is 0.356. The van der Waals surface area contributed by atoms with Crippen LogP contribution >= 0.6 is 15.9 Å². The minimum atomic E-state index is -0.109. The predicted octanol–water partition coefficient (Wildman–Crippen LogP) is 2.10. The molecule has 1 aromatic rings. The van der Waals surface area contributed by atoms with Gasteiger partial charge in [-0.2, -0.15) is 0 Å². The van der Waals surface area contributed by atoms with Crippen LogP contribution in [0.5, 0.6) is 0 Å². The minimum Gasteiger partial charge on any atom is -0.461 e. The molecule has 4 heteroatoms. The van der Waals surface area contributed by atoms with Crippen molar-refractivity contribution in [1.82, 2.24) is 5.32 Å². The van der Waals surface area contributed by atoms with Crippen LogP contribution in [0.1, 0.15) is 12.0 Å². The summed E-state index contributed by atoms with van der Waals surface area (Å²) < 4.78 is 6.20. The van der Waals surface area contributed by atoms with E-state index in [-0.39, 0.29) is 5.97 Å². The van der Waals surface area contributed by atoms with Crippen molar-refractivity contribution in [2.45, 2.75) is 13.0 Å². The molecule has 86 valence electrons. The van der Waals surface area contributed by atoms with Crippen molar-refractivity contribution in [1.29, 1.82) is 0 Å². The van der Waals surface area contributed by atoms with E-state index in [2.05, 4.69) is 21.2 Å². The number of carbonyl (C=O) groups excluding carboxylic acids is 1. The van der Waals surface area contributed by atoms with Gasteiger partial charge in [0.05, 0.1) is 6.42 Å². The summed E-state index contributed by atoms with van der Waals surface area (Å²) in [5.41, 5.74) is 1.00. The molecule has 0 atom stereocenters. The first-order valence-corrected chi connectivity index (χ1v) is 6.15. The molecular formula is C12H14BrNO2. The summed E-state index contributed by atoms with van der Waals surface area (Å²) in [6.45, 7) is 2.22. The number of hydrogen-bond donors (Lipinski definition) is 1. The van der Waals surface area contributed by atoms with Gasteiger partial charge in [0, 0.05) is 10.0 Å². The van der Waals surface area contributed by atoms with E-state index >= 15 is 0 Å². The van der Waals surface area contributed by atoms with Crippen molar-refractivity contribution in [3.05, 3.63) is 34.3 Å². The van der Waals surface area contributed by atoms with Gasteiger partial charge in [-0.25, -0.2) is 0 Å². The van der Waals surface area contributed by atoms with Gasteiger partial charge in [-0.1, -0.05) is 34.1 Å². The van der Waals surface area contributed by atoms with Crippen LogP contribution in [0.2, 0.25) is 0 Å². The zero-order valence-electron chi connectivity index (χ0n) is 8.91. The first kappa shape index (κ1) is 11.6. The lowest BCUT2D eigenvalue weighted by Gasteiger charge is -2.25. The highest BCUT2D eigenvalue weighted by atomic mass is 79.9. The molecule has 0 aromatic heterocycles. The highest BCUT2D eigenvalue weighted by Crippen LogP contribution is 2.17. The molecule has 0 saturated carbocycles. The maximum Gasteiger partial charge on any atom is 0.306 e. The normalized spacial score (nSPS) is 15.6. The zero-order valence-corrected chi connectivity index (χ0v) is 10.5. The molecule has 2 rings (SSSR count). The first-order valence-electron chi connectivity index (χ1n) is 5.35. The van der Waals surface area contributed by atoms with Crippen molar-refractivity contribution in [3.63, 3.8) is 0 Å². The monoisotopic (exact) mass is 283 g/mol. The number of hydrogen-bond acceptors (Lipinski definition) is 3. The van der Waals surface area contributed by atoms with Crippen LogP contribution in [0.15, 0.2) is 28.7 Å². The Labute approximate surface area is 103 Å². The van der Waals surface area contributed by atoms with E-state index in [4.69, 9.17) is 4.74 Å². The lowest BCUT2D eigenvalue weighted by Crippen LogP contribution is -2.43. The summed E-state index contributed by atoms with van der Waals surface area (Å²) in [4.78, 5) is 11.5. The Morgan fingerprint density at radius 1 is 1.44 bits per heavy atom. The molecule has 1 heterocycles. The number of esters is 1. The van der Waals surface area contributed by atoms with Crippen LogP contribution in [0, 0.1) is 5.92 Å². The third kappa shape index (κ3) is 3.06. The van der Waals surface area contributed by atoms with Crippen molar-refractivity contribution in [3.8, 4) is 0 Å². The van der Waals surface area contributed by atoms with Crippen molar-refractivity contribution >= 4 is 21.9 Å². The summed E-state index contributed by atoms with van der Waals surface area (Å²) >= 11 is 3.42. The third-order valence-electron chi connectivity index (χ3n) is 2.67. The predicted molar refractivity (Wildman–Crippen MR) is 64.9 cm³/mol. The molecule has 0 spiro atoms. The molecule has 1 N–H and O–H groups in total. The van der Waals surface area contributed by atoms with Crippen LogP contribution in [-0.2, 0) is 16.1 Å². The largest absolute Gasteiger partial charge is 0.461 e. The second kappa shape index (κ2) is 5.46. The molecule has 0 amide bonds. The lowest BCUT2D eigenvalue weighted by atomic mass is 10.00. The molecule has 3 nitrogen and oxygen atoms in total. The fourth-order valence-electron chi connectivity index (χ4n) is 1.56. The van der Waals surface area contributed by atoms with Crippen molar-refractivity contribution in [2.24, 2.45) is 5.92 Å². The molecule has 0 bridgehead atoms. The van der Waals surface area contributed by atoms with Gasteiger partial charge >= 0.3 is 5.97 Å². The fraction of sp³-hybridized carbons (Fsp3) is 0.417. The third-order valence-corrected chi connectivity index (χ3v) is 3.44. The number of ether oxygens (including phenoxy) is 1. The first-order chi connectivity index (χ1) is 7.75. The second-order valence-electron chi connectivity index (χ2n) is 3.98. The fourth-order valence-corrected chi connectivity index (χ4v) is 1.96. The van der Waals surface area contributed by atoms with Gasteiger partial charge in [-0.3, -0.25) is 4.79 Å². The van der Waals surface area contributed by atoms with E-state index in [9.17, 15) is 4.79 Å². The smallest absolute Gasteiger partial charge is 0.306 e. The maximum atomic E-state index is 11.5. The Kier molecular flexibility index (Phi) is 3.96. The van der Waals surface area contributed by atoms with Gasteiger partial charge in [0.1, 0.15) is 6.61 Å². The zero-order chi connectivity index (χ0) is 11.4. The number of halogens is 1. The Bertz CT molecular complexity index is 377. The quantitative estimate of drug-likeness (QED) is 0.860. The SMILES string of the molecule is O=C(CC1CNC1)OCc1ccccc1Br. The molecule has 1 aromatic carbocycles. The molecule has 1 aliphatic rings. The van der Waals surface area contributed by atoms with E-state index in [0.717, 1.165) is 23.1 Å². The number of carbonyl (C=O) groups is 1. The average molecular weight is 284 g/mol. The highest BCUT2D eigenvalue weighted by Gasteiger charge is 2.20. The molecular weight excluding hydrogens is 270 g/mol. The summed E-state index contributed by atoms with van der Waals surface area (Å²) in [5, 5.41) is 3.13. The van der Waals surface area contributed by atoms with E-state index in [1.165, 1.54) is 0 Å². The Morgan fingerprint density at radius 3 is 2.81 bits per heavy atom. The van der Waals surface area contributed by atoms with E-state index in [1.54, 1.807) is 0 Å². The number of rotatable bonds is 4. The molecule has 0 aliphatic carbocycles. The van der Waals surface area contributed by atoms with Crippen LogP contribution in [0.3, 0.4) is 0 Å². The van der Waals surface area contributed by atoms with Gasteiger partial charge < -0.3 is 10.1 Å². The van der Waals surface area contributed by atoms with Crippen molar-refractivity contribution in [2.75, 3.05) is 13.1 Å². The summed E-state index contributed by atoms with van der Waals surface area (Å²) in [6, 6.07) is 7.76. The Morgan fingerprint density at radius 2 is 2.19 bits per heavy atom. The Balaban J connectivity index is 1.78. The van der Waals surface area contributed by atoms with Gasteiger partial charge in [-0.05, 0) is 25.1 Å².